The van der Waals surface area contributed by atoms with E-state index in [0.717, 1.165) is 11.3 Å². The van der Waals surface area contributed by atoms with E-state index < -0.39 is 11.9 Å². The fraction of sp³-hybridized carbons (Fsp3) is 0.222. The van der Waals surface area contributed by atoms with Crippen LogP contribution in [0, 0.1) is 29.6 Å². The van der Waals surface area contributed by atoms with Crippen molar-refractivity contribution >= 4 is 28.2 Å². The van der Waals surface area contributed by atoms with Crippen LogP contribution < -0.4 is 10.1 Å². The number of ether oxygens (including phenoxy) is 2. The van der Waals surface area contributed by atoms with E-state index in [2.05, 4.69) is 5.32 Å². The summed E-state index contributed by atoms with van der Waals surface area (Å²) in [5.74, 6) is -0.752. The molecule has 132 valence electrons. The number of para-hydroxylation sites is 1. The van der Waals surface area contributed by atoms with Gasteiger partial charge in [0.1, 0.15) is 27.8 Å². The second kappa shape index (κ2) is 8.65. The summed E-state index contributed by atoms with van der Waals surface area (Å²) in [4.78, 5) is 24.3. The number of amides is 1. The molecule has 1 aromatic carbocycles. The molecule has 0 fully saturated rings. The Labute approximate surface area is 154 Å². The van der Waals surface area contributed by atoms with Gasteiger partial charge in [0, 0.05) is 0 Å². The molecule has 0 bridgehead atoms. The van der Waals surface area contributed by atoms with Crippen LogP contribution in [0.1, 0.15) is 33.3 Å². The highest BCUT2D eigenvalue weighted by atomic mass is 32.1. The number of hydrogen-bond donors (Lipinski definition) is 1. The largest absolute Gasteiger partial charge is 0.482 e. The van der Waals surface area contributed by atoms with Crippen LogP contribution in [0.2, 0.25) is 0 Å². The van der Waals surface area contributed by atoms with E-state index in [4.69, 9.17) is 14.7 Å². The fourth-order valence-electron chi connectivity index (χ4n) is 2.12. The van der Waals surface area contributed by atoms with Crippen molar-refractivity contribution in [2.45, 2.75) is 13.8 Å². The number of nitrogens with one attached hydrogen (secondary N) is 1. The van der Waals surface area contributed by atoms with E-state index in [1.807, 2.05) is 12.1 Å². The number of nitriles is 2. The summed E-state index contributed by atoms with van der Waals surface area (Å²) < 4.78 is 10.3. The van der Waals surface area contributed by atoms with Crippen molar-refractivity contribution in [2.75, 3.05) is 18.5 Å². The molecule has 0 saturated carbocycles. The molecule has 0 aliphatic rings. The number of thiophene rings is 1. The van der Waals surface area contributed by atoms with Crippen molar-refractivity contribution in [1.29, 1.82) is 10.5 Å². The second-order valence-corrected chi connectivity index (χ2v) is 6.06. The number of carbonyl (C=O) groups excluding carboxylic acids is 2. The van der Waals surface area contributed by atoms with Crippen molar-refractivity contribution < 1.29 is 19.1 Å². The minimum atomic E-state index is -0.536. The lowest BCUT2D eigenvalue weighted by molar-refractivity contribution is -0.118. The molecular formula is C18H15N3O4S. The van der Waals surface area contributed by atoms with Crippen LogP contribution in [-0.2, 0) is 9.53 Å². The molecule has 0 aliphatic heterocycles. The Morgan fingerprint density at radius 3 is 2.62 bits per heavy atom. The molecule has 2 aromatic rings. The maximum absolute atomic E-state index is 12.1. The van der Waals surface area contributed by atoms with Gasteiger partial charge in [0.2, 0.25) is 0 Å². The van der Waals surface area contributed by atoms with Crippen molar-refractivity contribution in [3.8, 4) is 17.9 Å². The van der Waals surface area contributed by atoms with E-state index in [-0.39, 0.29) is 28.7 Å². The first kappa shape index (κ1) is 19.0. The Kier molecular flexibility index (Phi) is 6.31. The molecule has 1 heterocycles. The minimum absolute atomic E-state index is 0.212. The number of anilines is 1. The van der Waals surface area contributed by atoms with Gasteiger partial charge < -0.3 is 14.8 Å². The van der Waals surface area contributed by atoms with Crippen LogP contribution in [0.25, 0.3) is 0 Å². The molecule has 8 heteroatoms. The zero-order chi connectivity index (χ0) is 19.1. The number of carbonyl (C=O) groups is 2. The number of hydrogen-bond acceptors (Lipinski definition) is 7. The van der Waals surface area contributed by atoms with E-state index in [0.29, 0.717) is 16.9 Å². The molecule has 0 aliphatic carbocycles. The molecule has 0 unspecified atom stereocenters. The molecule has 1 aromatic heterocycles. The second-order valence-electron chi connectivity index (χ2n) is 5.04. The molecule has 0 radical (unpaired) electrons. The molecule has 0 spiro atoms. The van der Waals surface area contributed by atoms with E-state index in [1.54, 1.807) is 38.1 Å². The van der Waals surface area contributed by atoms with Gasteiger partial charge in [-0.1, -0.05) is 12.1 Å². The molecular weight excluding hydrogens is 354 g/mol. The molecule has 0 saturated heterocycles. The van der Waals surface area contributed by atoms with Gasteiger partial charge in [-0.3, -0.25) is 4.79 Å². The van der Waals surface area contributed by atoms with Crippen LogP contribution in [0.15, 0.2) is 24.3 Å². The normalized spacial score (nSPS) is 9.69. The molecule has 1 N–H and O–H groups in total. The summed E-state index contributed by atoms with van der Waals surface area (Å²) in [5, 5.41) is 21.1. The van der Waals surface area contributed by atoms with Crippen molar-refractivity contribution in [3.63, 3.8) is 0 Å². The Bertz CT molecular complexity index is 921. The molecule has 1 amide bonds. The van der Waals surface area contributed by atoms with Gasteiger partial charge >= 0.3 is 5.97 Å². The summed E-state index contributed by atoms with van der Waals surface area (Å²) in [6, 6.07) is 10.5. The average molecular weight is 369 g/mol. The Balaban J connectivity index is 2.12. The van der Waals surface area contributed by atoms with E-state index in [1.165, 1.54) is 0 Å². The predicted octanol–water partition coefficient (Wildman–Crippen LogP) is 2.99. The molecule has 0 atom stereocenters. The van der Waals surface area contributed by atoms with E-state index >= 15 is 0 Å². The number of esters is 1. The van der Waals surface area contributed by atoms with Gasteiger partial charge in [0.15, 0.2) is 6.61 Å². The molecule has 7 nitrogen and oxygen atoms in total. The summed E-state index contributed by atoms with van der Waals surface area (Å²) >= 11 is 0.980. The van der Waals surface area contributed by atoms with Crippen LogP contribution in [0.4, 0.5) is 5.00 Å². The zero-order valence-corrected chi connectivity index (χ0v) is 15.0. The van der Waals surface area contributed by atoms with Crippen LogP contribution in [0.3, 0.4) is 0 Å². The summed E-state index contributed by atoms with van der Waals surface area (Å²) in [6.07, 6.45) is 0. The summed E-state index contributed by atoms with van der Waals surface area (Å²) in [7, 11) is 0. The van der Waals surface area contributed by atoms with Crippen molar-refractivity contribution in [2.24, 2.45) is 0 Å². The highest BCUT2D eigenvalue weighted by molar-refractivity contribution is 7.18. The number of nitrogens with zero attached hydrogens (tertiary/aromatic N) is 2. The Morgan fingerprint density at radius 2 is 1.96 bits per heavy atom. The Hall–Kier alpha value is -3.36. The highest BCUT2D eigenvalue weighted by Gasteiger charge is 2.22. The van der Waals surface area contributed by atoms with Gasteiger partial charge in [0.05, 0.1) is 17.7 Å². The first-order valence-corrected chi connectivity index (χ1v) is 8.45. The van der Waals surface area contributed by atoms with Crippen molar-refractivity contribution in [3.05, 3.63) is 45.8 Å². The summed E-state index contributed by atoms with van der Waals surface area (Å²) in [5.41, 5.74) is 0.986. The SMILES string of the molecule is CCOC(=O)c1sc(NC(=O)COc2ccccc2C#N)c(C#N)c1C. The van der Waals surface area contributed by atoms with Gasteiger partial charge in [0.25, 0.3) is 5.91 Å². The first-order chi connectivity index (χ1) is 12.5. The maximum atomic E-state index is 12.1. The van der Waals surface area contributed by atoms with Gasteiger partial charge in [-0.15, -0.1) is 11.3 Å². The highest BCUT2D eigenvalue weighted by Crippen LogP contribution is 2.33. The van der Waals surface area contributed by atoms with Gasteiger partial charge in [-0.05, 0) is 31.5 Å². The monoisotopic (exact) mass is 369 g/mol. The third kappa shape index (κ3) is 4.18. The maximum Gasteiger partial charge on any atom is 0.348 e. The average Bonchev–Trinajstić information content (AvgIpc) is 2.95. The summed E-state index contributed by atoms with van der Waals surface area (Å²) in [6.45, 7) is 3.18. The standard InChI is InChI=1S/C18H15N3O4S/c1-3-24-18(23)16-11(2)13(9-20)17(26-16)21-15(22)10-25-14-7-5-4-6-12(14)8-19/h4-7H,3,10H2,1-2H3,(H,21,22). The van der Waals surface area contributed by atoms with Gasteiger partial charge in [-0.2, -0.15) is 10.5 Å². The lowest BCUT2D eigenvalue weighted by Crippen LogP contribution is -2.20. The van der Waals surface area contributed by atoms with Crippen LogP contribution in [-0.4, -0.2) is 25.1 Å². The third-order valence-electron chi connectivity index (χ3n) is 3.34. The number of rotatable bonds is 6. The predicted molar refractivity (Wildman–Crippen MR) is 95.0 cm³/mol. The lowest BCUT2D eigenvalue weighted by Gasteiger charge is -2.07. The smallest absolute Gasteiger partial charge is 0.348 e. The molecule has 2 rings (SSSR count). The van der Waals surface area contributed by atoms with Crippen LogP contribution >= 0.6 is 11.3 Å². The quantitative estimate of drug-likeness (QED) is 0.783. The number of benzene rings is 1. The van der Waals surface area contributed by atoms with Crippen molar-refractivity contribution in [1.82, 2.24) is 0 Å². The topological polar surface area (TPSA) is 112 Å². The zero-order valence-electron chi connectivity index (χ0n) is 14.2. The third-order valence-corrected chi connectivity index (χ3v) is 4.53. The first-order valence-electron chi connectivity index (χ1n) is 7.64. The minimum Gasteiger partial charge on any atom is -0.482 e. The van der Waals surface area contributed by atoms with Crippen LogP contribution in [0.5, 0.6) is 5.75 Å². The van der Waals surface area contributed by atoms with E-state index in [9.17, 15) is 14.9 Å². The van der Waals surface area contributed by atoms with Gasteiger partial charge in [-0.25, -0.2) is 4.79 Å². The Morgan fingerprint density at radius 1 is 1.23 bits per heavy atom. The molecule has 26 heavy (non-hydrogen) atoms. The fourth-order valence-corrected chi connectivity index (χ4v) is 3.19. The lowest BCUT2D eigenvalue weighted by atomic mass is 10.2.